The van der Waals surface area contributed by atoms with Crippen molar-refractivity contribution in [3.63, 3.8) is 0 Å². The van der Waals surface area contributed by atoms with Crippen LogP contribution in [0.15, 0.2) is 30.5 Å². The first-order valence-electron chi connectivity index (χ1n) is 9.54. The number of methoxy groups -OCH3 is 1. The van der Waals surface area contributed by atoms with Crippen molar-refractivity contribution in [1.29, 1.82) is 0 Å². The summed E-state index contributed by atoms with van der Waals surface area (Å²) in [7, 11) is 1.70. The number of hydrogen-bond acceptors (Lipinski definition) is 6. The van der Waals surface area contributed by atoms with Crippen LogP contribution in [0.1, 0.15) is 38.1 Å². The number of amides is 1. The Labute approximate surface area is 169 Å². The number of nitrogens with one attached hydrogen (secondary N) is 1. The molecule has 0 radical (unpaired) electrons. The Morgan fingerprint density at radius 3 is 2.71 bits per heavy atom. The molecule has 1 aromatic carbocycles. The number of carbonyl (C=O) groups is 1. The van der Waals surface area contributed by atoms with Crippen molar-refractivity contribution in [3.05, 3.63) is 35.5 Å². The van der Waals surface area contributed by atoms with Gasteiger partial charge in [-0.25, -0.2) is 4.98 Å². The number of anilines is 1. The van der Waals surface area contributed by atoms with Gasteiger partial charge in [0.2, 0.25) is 5.91 Å². The predicted octanol–water partition coefficient (Wildman–Crippen LogP) is 4.84. The zero-order valence-electron chi connectivity index (χ0n) is 16.7. The van der Waals surface area contributed by atoms with Gasteiger partial charge in [0.25, 0.3) is 0 Å². The summed E-state index contributed by atoms with van der Waals surface area (Å²) in [5.74, 6) is 0.528. The molecular formula is C21H26N4O2S. The average molecular weight is 399 g/mol. The third-order valence-corrected chi connectivity index (χ3v) is 5.82. The molecule has 6 nitrogen and oxygen atoms in total. The van der Waals surface area contributed by atoms with Gasteiger partial charge < -0.3 is 10.1 Å². The van der Waals surface area contributed by atoms with E-state index in [0.29, 0.717) is 5.82 Å². The summed E-state index contributed by atoms with van der Waals surface area (Å²) in [6.07, 6.45) is 4.39. The molecule has 7 heteroatoms. The Kier molecular flexibility index (Phi) is 6.70. The van der Waals surface area contributed by atoms with E-state index in [4.69, 9.17) is 4.74 Å². The van der Waals surface area contributed by atoms with Crippen molar-refractivity contribution < 1.29 is 9.53 Å². The van der Waals surface area contributed by atoms with Crippen molar-refractivity contribution in [2.75, 3.05) is 12.4 Å². The third kappa shape index (κ3) is 4.91. The highest BCUT2D eigenvalue weighted by Crippen LogP contribution is 2.27. The molecule has 1 N–H and O–H groups in total. The Balaban J connectivity index is 1.76. The number of benzene rings is 1. The molecule has 148 valence electrons. The smallest absolute Gasteiger partial charge is 0.228 e. The van der Waals surface area contributed by atoms with E-state index in [9.17, 15) is 4.79 Å². The van der Waals surface area contributed by atoms with Gasteiger partial charge in [-0.15, -0.1) is 10.2 Å². The van der Waals surface area contributed by atoms with E-state index < -0.39 is 0 Å². The molecule has 0 aliphatic heterocycles. The molecule has 3 aromatic rings. The molecule has 0 fully saturated rings. The van der Waals surface area contributed by atoms with Crippen LogP contribution < -0.4 is 5.32 Å². The van der Waals surface area contributed by atoms with Crippen LogP contribution in [0.3, 0.4) is 0 Å². The van der Waals surface area contributed by atoms with Crippen LogP contribution >= 0.6 is 11.3 Å². The summed E-state index contributed by atoms with van der Waals surface area (Å²) in [6.45, 7) is 6.00. The Bertz CT molecular complexity index is 956. The van der Waals surface area contributed by atoms with E-state index >= 15 is 0 Å². The summed E-state index contributed by atoms with van der Waals surface area (Å²) in [6, 6.07) is 8.01. The zero-order chi connectivity index (χ0) is 20.1. The molecule has 2 heterocycles. The molecule has 2 atom stereocenters. The zero-order valence-corrected chi connectivity index (χ0v) is 17.5. The van der Waals surface area contributed by atoms with Gasteiger partial charge >= 0.3 is 0 Å². The lowest BCUT2D eigenvalue weighted by atomic mass is 9.97. The van der Waals surface area contributed by atoms with Crippen LogP contribution in [-0.4, -0.2) is 34.3 Å². The van der Waals surface area contributed by atoms with E-state index in [-0.39, 0.29) is 17.9 Å². The SMILES string of the molecule is CC[C@H](CC[C@@H](C)OC)C(=O)Nc1cc2cc(-c3nnc(C)s3)ccc2cn1. The predicted molar refractivity (Wildman–Crippen MR) is 113 cm³/mol. The first-order chi connectivity index (χ1) is 13.5. The van der Waals surface area contributed by atoms with Crippen molar-refractivity contribution in [3.8, 4) is 10.6 Å². The van der Waals surface area contributed by atoms with Gasteiger partial charge in [0.15, 0.2) is 0 Å². The Morgan fingerprint density at radius 1 is 1.21 bits per heavy atom. The van der Waals surface area contributed by atoms with Crippen LogP contribution in [0.25, 0.3) is 21.3 Å². The molecule has 28 heavy (non-hydrogen) atoms. The maximum Gasteiger partial charge on any atom is 0.228 e. The van der Waals surface area contributed by atoms with E-state index in [1.165, 1.54) is 0 Å². The number of fused-ring (bicyclic) bond motifs is 1. The van der Waals surface area contributed by atoms with Gasteiger partial charge in [-0.05, 0) is 50.6 Å². The molecule has 2 aromatic heterocycles. The second-order valence-corrected chi connectivity index (χ2v) is 8.16. The van der Waals surface area contributed by atoms with Gasteiger partial charge in [-0.1, -0.05) is 30.4 Å². The molecule has 0 saturated heterocycles. The first-order valence-corrected chi connectivity index (χ1v) is 10.4. The van der Waals surface area contributed by atoms with Gasteiger partial charge in [-0.2, -0.15) is 0 Å². The van der Waals surface area contributed by atoms with Crippen molar-refractivity contribution in [2.45, 2.75) is 46.1 Å². The lowest BCUT2D eigenvalue weighted by Gasteiger charge is -2.17. The van der Waals surface area contributed by atoms with Gasteiger partial charge in [-0.3, -0.25) is 4.79 Å². The molecule has 0 bridgehead atoms. The highest BCUT2D eigenvalue weighted by molar-refractivity contribution is 7.14. The van der Waals surface area contributed by atoms with Gasteiger partial charge in [0.05, 0.1) is 6.10 Å². The lowest BCUT2D eigenvalue weighted by Crippen LogP contribution is -2.24. The van der Waals surface area contributed by atoms with Crippen molar-refractivity contribution in [1.82, 2.24) is 15.2 Å². The largest absolute Gasteiger partial charge is 0.382 e. The van der Waals surface area contributed by atoms with Crippen LogP contribution in [0.4, 0.5) is 5.82 Å². The minimum atomic E-state index is -0.0502. The van der Waals surface area contributed by atoms with Crippen LogP contribution in [-0.2, 0) is 9.53 Å². The minimum Gasteiger partial charge on any atom is -0.382 e. The number of nitrogens with zero attached hydrogens (tertiary/aromatic N) is 3. The molecule has 3 rings (SSSR count). The Morgan fingerprint density at radius 2 is 2.04 bits per heavy atom. The summed E-state index contributed by atoms with van der Waals surface area (Å²) in [5, 5.41) is 15.1. The average Bonchev–Trinajstić information content (AvgIpc) is 3.14. The number of ether oxygens (including phenoxy) is 1. The molecule has 0 unspecified atom stereocenters. The number of carbonyl (C=O) groups excluding carboxylic acids is 1. The van der Waals surface area contributed by atoms with Gasteiger partial charge in [0, 0.05) is 30.2 Å². The number of rotatable bonds is 8. The standard InChI is InChI=1S/C21H26N4O2S/c1-5-15(7-6-13(2)27-4)20(26)23-19-11-18-10-16(8-9-17(18)12-22-19)21-25-24-14(3)28-21/h8-13,15H,5-7H2,1-4H3,(H,22,23,26)/t13-,15-/m1/s1. The highest BCUT2D eigenvalue weighted by Gasteiger charge is 2.18. The van der Waals surface area contributed by atoms with Gasteiger partial charge in [0.1, 0.15) is 15.8 Å². The quantitative estimate of drug-likeness (QED) is 0.587. The normalized spacial score (nSPS) is 13.4. The number of aromatic nitrogens is 3. The number of pyridine rings is 1. The molecule has 0 aliphatic carbocycles. The van der Waals surface area contributed by atoms with Crippen LogP contribution in [0.2, 0.25) is 0 Å². The topological polar surface area (TPSA) is 77.0 Å². The fraction of sp³-hybridized carbons (Fsp3) is 0.429. The highest BCUT2D eigenvalue weighted by atomic mass is 32.1. The van der Waals surface area contributed by atoms with E-state index in [2.05, 4.69) is 26.6 Å². The fourth-order valence-electron chi connectivity index (χ4n) is 3.06. The summed E-state index contributed by atoms with van der Waals surface area (Å²) in [4.78, 5) is 17.1. The second kappa shape index (κ2) is 9.21. The lowest BCUT2D eigenvalue weighted by molar-refractivity contribution is -0.120. The summed E-state index contributed by atoms with van der Waals surface area (Å²) >= 11 is 1.56. The fourth-order valence-corrected chi connectivity index (χ4v) is 3.75. The first kappa shape index (κ1) is 20.4. The number of aryl methyl sites for hydroxylation is 1. The number of hydrogen-bond donors (Lipinski definition) is 1. The van der Waals surface area contributed by atoms with E-state index in [0.717, 1.165) is 45.6 Å². The molecule has 1 amide bonds. The monoisotopic (exact) mass is 398 g/mol. The van der Waals surface area contributed by atoms with Crippen LogP contribution in [0, 0.1) is 12.8 Å². The summed E-state index contributed by atoms with van der Waals surface area (Å²) in [5.41, 5.74) is 1.02. The second-order valence-electron chi connectivity index (χ2n) is 6.98. The minimum absolute atomic E-state index is 0.00792. The van der Waals surface area contributed by atoms with Crippen LogP contribution in [0.5, 0.6) is 0 Å². The van der Waals surface area contributed by atoms with E-state index in [1.807, 2.05) is 39.0 Å². The van der Waals surface area contributed by atoms with Crippen molar-refractivity contribution >= 4 is 33.8 Å². The maximum atomic E-state index is 12.7. The molecule has 0 aliphatic rings. The maximum absolute atomic E-state index is 12.7. The molecule has 0 saturated carbocycles. The van der Waals surface area contributed by atoms with Crippen molar-refractivity contribution in [2.24, 2.45) is 5.92 Å². The Hall–Kier alpha value is -2.38. The summed E-state index contributed by atoms with van der Waals surface area (Å²) < 4.78 is 5.29. The third-order valence-electron chi connectivity index (χ3n) is 4.93. The molecule has 0 spiro atoms. The molecular weight excluding hydrogens is 372 g/mol. The van der Waals surface area contributed by atoms with E-state index in [1.54, 1.807) is 24.6 Å².